The smallest absolute Gasteiger partial charge is 0.201 e. The predicted molar refractivity (Wildman–Crippen MR) is 104 cm³/mol. The Labute approximate surface area is 158 Å². The molecular formula is C21H29F3NSi+. The molecule has 1 nitrogen and oxygen atoms in total. The molecule has 0 spiro atoms. The molecule has 0 amide bonds. The normalized spacial score (nSPS) is 14.8. The summed E-state index contributed by atoms with van der Waals surface area (Å²) in [6, 6.07) is 8.88. The van der Waals surface area contributed by atoms with Gasteiger partial charge >= 0.3 is 6.18 Å². The minimum absolute atomic E-state index is 0.0393. The second-order valence-electron chi connectivity index (χ2n) is 8.44. The summed E-state index contributed by atoms with van der Waals surface area (Å²) in [6.45, 7) is 10.4. The van der Waals surface area contributed by atoms with Gasteiger partial charge in [-0.15, -0.1) is 0 Å². The van der Waals surface area contributed by atoms with Gasteiger partial charge in [0.05, 0.1) is 13.5 Å². The van der Waals surface area contributed by atoms with Crippen LogP contribution in [-0.2, 0) is 13.4 Å². The van der Waals surface area contributed by atoms with Crippen molar-refractivity contribution in [1.82, 2.24) is 0 Å². The summed E-state index contributed by atoms with van der Waals surface area (Å²) in [5.74, 6) is 0. The molecule has 0 radical (unpaired) electrons. The van der Waals surface area contributed by atoms with Crippen LogP contribution < -0.4 is 9.75 Å². The molecule has 0 aliphatic rings. The van der Waals surface area contributed by atoms with Gasteiger partial charge in [0.15, 0.2) is 6.20 Å². The molecule has 0 saturated heterocycles. The average Bonchev–Trinajstić information content (AvgIpc) is 2.53. The molecule has 0 N–H and O–H groups in total. The van der Waals surface area contributed by atoms with E-state index in [9.17, 15) is 13.2 Å². The Balaban J connectivity index is 2.51. The van der Waals surface area contributed by atoms with Gasteiger partial charge in [0, 0.05) is 19.6 Å². The fourth-order valence-corrected chi connectivity index (χ4v) is 3.96. The van der Waals surface area contributed by atoms with Crippen molar-refractivity contribution in [2.75, 3.05) is 0 Å². The van der Waals surface area contributed by atoms with Crippen molar-refractivity contribution in [3.63, 3.8) is 0 Å². The van der Waals surface area contributed by atoms with Gasteiger partial charge in [0.25, 0.3) is 0 Å². The monoisotopic (exact) mass is 382 g/mol. The number of nitrogens with zero attached hydrogens (tertiary/aromatic N) is 1. The van der Waals surface area contributed by atoms with Gasteiger partial charge in [-0.1, -0.05) is 51.7 Å². The molecule has 142 valence electrons. The number of halogens is 3. The molecule has 5 heteroatoms. The van der Waals surface area contributed by atoms with Crippen molar-refractivity contribution >= 4 is 13.3 Å². The van der Waals surface area contributed by atoms with Crippen LogP contribution in [0, 0.1) is 12.3 Å². The van der Waals surface area contributed by atoms with E-state index in [1.807, 2.05) is 24.6 Å². The molecule has 2 rings (SSSR count). The maximum atomic E-state index is 13.4. The molecule has 26 heavy (non-hydrogen) atoms. The minimum atomic E-state index is -4.65. The highest BCUT2D eigenvalue weighted by Gasteiger charge is 2.47. The van der Waals surface area contributed by atoms with Crippen molar-refractivity contribution < 1.29 is 20.5 Å². The Kier molecular flexibility index (Phi) is 4.67. The van der Waals surface area contributed by atoms with Crippen LogP contribution in [0.1, 0.15) is 27.7 Å². The molecule has 1 heterocycles. The van der Waals surface area contributed by atoms with E-state index >= 15 is 0 Å². The number of alkyl halides is 3. The van der Waals surface area contributed by atoms with E-state index < -0.39 is 26.0 Å². The van der Waals surface area contributed by atoms with E-state index in [1.54, 1.807) is 6.07 Å². The lowest BCUT2D eigenvalue weighted by Crippen LogP contribution is -2.44. The van der Waals surface area contributed by atoms with Crippen molar-refractivity contribution in [2.45, 2.75) is 53.0 Å². The SMILES string of the molecule is [2H]C([2H])(c1ccc(-c2ccc([Si](C)(C)C)c[n+]2C)c(C)c1)C(C)(C)C(F)(F)F. The number of aromatic nitrogens is 1. The highest BCUT2D eigenvalue weighted by atomic mass is 28.3. The maximum Gasteiger partial charge on any atom is 0.394 e. The molecule has 1 aromatic heterocycles. The number of benzene rings is 1. The van der Waals surface area contributed by atoms with Crippen LogP contribution in [0.3, 0.4) is 0 Å². The Morgan fingerprint density at radius 1 is 1.08 bits per heavy atom. The summed E-state index contributed by atoms with van der Waals surface area (Å²) in [5, 5.41) is 1.32. The second-order valence-corrected chi connectivity index (χ2v) is 13.5. The molecule has 2 aromatic rings. The maximum absolute atomic E-state index is 13.4. The van der Waals surface area contributed by atoms with E-state index in [0.717, 1.165) is 30.7 Å². The van der Waals surface area contributed by atoms with Crippen LogP contribution in [0.15, 0.2) is 36.5 Å². The lowest BCUT2D eigenvalue weighted by Gasteiger charge is -2.28. The molecular weight excluding hydrogens is 351 g/mol. The second kappa shape index (κ2) is 6.84. The first-order chi connectivity index (χ1) is 12.5. The topological polar surface area (TPSA) is 3.88 Å². The van der Waals surface area contributed by atoms with Gasteiger partial charge in [-0.05, 0) is 30.5 Å². The molecule has 0 aliphatic carbocycles. The molecule has 0 bridgehead atoms. The first kappa shape index (κ1) is 17.8. The van der Waals surface area contributed by atoms with Gasteiger partial charge in [-0.25, -0.2) is 4.57 Å². The van der Waals surface area contributed by atoms with Gasteiger partial charge in [-0.2, -0.15) is 13.2 Å². The fraction of sp³-hybridized carbons (Fsp3) is 0.476. The third kappa shape index (κ3) is 4.37. The Bertz CT molecular complexity index is 884. The van der Waals surface area contributed by atoms with Crippen LogP contribution in [0.2, 0.25) is 19.6 Å². The zero-order valence-electron chi connectivity index (χ0n) is 18.5. The Hall–Kier alpha value is -1.62. The van der Waals surface area contributed by atoms with E-state index in [2.05, 4.69) is 31.9 Å². The molecule has 0 saturated carbocycles. The molecule has 0 fully saturated rings. The van der Waals surface area contributed by atoms with Crippen molar-refractivity contribution in [2.24, 2.45) is 12.5 Å². The van der Waals surface area contributed by atoms with Gasteiger partial charge in [0.2, 0.25) is 5.69 Å². The first-order valence-corrected chi connectivity index (χ1v) is 12.2. The van der Waals surface area contributed by atoms with Crippen LogP contribution in [0.5, 0.6) is 0 Å². The number of aryl methyl sites for hydroxylation is 2. The third-order valence-electron chi connectivity index (χ3n) is 4.67. The highest BCUT2D eigenvalue weighted by molar-refractivity contribution is 6.88. The van der Waals surface area contributed by atoms with E-state index in [0.29, 0.717) is 0 Å². The fourth-order valence-electron chi connectivity index (χ4n) is 2.79. The average molecular weight is 383 g/mol. The lowest BCUT2D eigenvalue weighted by molar-refractivity contribution is -0.659. The number of rotatable bonds is 4. The zero-order valence-corrected chi connectivity index (χ0v) is 17.5. The predicted octanol–water partition coefficient (Wildman–Crippen LogP) is 5.16. The van der Waals surface area contributed by atoms with Gasteiger partial charge in [-0.3, -0.25) is 0 Å². The third-order valence-corrected chi connectivity index (χ3v) is 6.70. The number of hydrogen-bond acceptors (Lipinski definition) is 0. The lowest BCUT2D eigenvalue weighted by atomic mass is 9.84. The Morgan fingerprint density at radius 3 is 2.15 bits per heavy atom. The summed E-state index contributed by atoms with van der Waals surface area (Å²) in [7, 11) is 0.505. The van der Waals surface area contributed by atoms with E-state index in [-0.39, 0.29) is 5.56 Å². The molecule has 1 aromatic carbocycles. The van der Waals surface area contributed by atoms with Crippen LogP contribution >= 0.6 is 0 Å². The summed E-state index contributed by atoms with van der Waals surface area (Å²) >= 11 is 0. The number of hydrogen-bond donors (Lipinski definition) is 0. The summed E-state index contributed by atoms with van der Waals surface area (Å²) < 4.78 is 58.6. The standard InChI is InChI=1S/C21H29F3NSi/c1-15-12-16(13-20(2,3)21(22,23)24)8-10-18(15)19-11-9-17(14-25(19)4)26(5,6)7/h8-12,14H,13H2,1-7H3/q+1/i13D2. The van der Waals surface area contributed by atoms with Gasteiger partial charge in [0.1, 0.15) is 7.05 Å². The number of pyridine rings is 1. The van der Waals surface area contributed by atoms with Crippen LogP contribution in [0.25, 0.3) is 11.3 Å². The first-order valence-electron chi connectivity index (χ1n) is 9.68. The van der Waals surface area contributed by atoms with Crippen LogP contribution in [-0.4, -0.2) is 14.3 Å². The largest absolute Gasteiger partial charge is 0.394 e. The molecule has 0 aliphatic heterocycles. The molecule has 0 atom stereocenters. The van der Waals surface area contributed by atoms with Crippen molar-refractivity contribution in [3.8, 4) is 11.3 Å². The Morgan fingerprint density at radius 2 is 1.69 bits per heavy atom. The van der Waals surface area contributed by atoms with E-state index in [1.165, 1.54) is 17.3 Å². The van der Waals surface area contributed by atoms with Gasteiger partial charge < -0.3 is 0 Å². The van der Waals surface area contributed by atoms with Crippen molar-refractivity contribution in [1.29, 1.82) is 0 Å². The summed E-state index contributed by atoms with van der Waals surface area (Å²) in [4.78, 5) is 0. The van der Waals surface area contributed by atoms with Crippen molar-refractivity contribution in [3.05, 3.63) is 47.7 Å². The highest BCUT2D eigenvalue weighted by Crippen LogP contribution is 2.40. The minimum Gasteiger partial charge on any atom is -0.201 e. The van der Waals surface area contributed by atoms with Crippen LogP contribution in [0.4, 0.5) is 13.2 Å². The molecule has 0 unspecified atom stereocenters. The zero-order chi connectivity index (χ0) is 21.7. The quantitative estimate of drug-likeness (QED) is 0.508. The summed E-state index contributed by atoms with van der Waals surface area (Å²) in [5.41, 5.74) is 0.112. The summed E-state index contributed by atoms with van der Waals surface area (Å²) in [6.07, 6.45) is -5.08. The van der Waals surface area contributed by atoms with E-state index in [4.69, 9.17) is 2.74 Å².